The summed E-state index contributed by atoms with van der Waals surface area (Å²) in [7, 11) is -3.25. The summed E-state index contributed by atoms with van der Waals surface area (Å²) in [6, 6.07) is 8.89. The number of pyridine rings is 1. The van der Waals surface area contributed by atoms with Gasteiger partial charge in [-0.05, 0) is 12.1 Å². The molecule has 9 heteroatoms. The van der Waals surface area contributed by atoms with Crippen LogP contribution in [0.5, 0.6) is 0 Å². The molecule has 2 heterocycles. The Hall–Kier alpha value is -2.23. The molecule has 0 aliphatic carbocycles. The number of sulfonamides is 1. The highest BCUT2D eigenvalue weighted by molar-refractivity contribution is 7.88. The summed E-state index contributed by atoms with van der Waals surface area (Å²) in [6.07, 6.45) is 2.46. The summed E-state index contributed by atoms with van der Waals surface area (Å²) >= 11 is 0. The molecule has 2 N–H and O–H groups in total. The molecule has 1 aliphatic rings. The zero-order chi connectivity index (χ0) is 17.9. The Morgan fingerprint density at radius 3 is 2.96 bits per heavy atom. The van der Waals surface area contributed by atoms with E-state index in [1.807, 2.05) is 24.3 Å². The fourth-order valence-corrected chi connectivity index (χ4v) is 3.54. The van der Waals surface area contributed by atoms with E-state index >= 15 is 0 Å². The average Bonchev–Trinajstić information content (AvgIpc) is 2.60. The molecule has 1 aromatic heterocycles. The lowest BCUT2D eigenvalue weighted by molar-refractivity contribution is 0.00167. The van der Waals surface area contributed by atoms with Gasteiger partial charge in [-0.25, -0.2) is 13.2 Å². The maximum atomic E-state index is 12.1. The molecule has 134 valence electrons. The van der Waals surface area contributed by atoms with Crippen molar-refractivity contribution in [2.24, 2.45) is 0 Å². The average molecular weight is 364 g/mol. The molecule has 1 atom stereocenters. The predicted octanol–water partition coefficient (Wildman–Crippen LogP) is 1.02. The third kappa shape index (κ3) is 4.44. The van der Waals surface area contributed by atoms with Gasteiger partial charge in [0, 0.05) is 31.2 Å². The van der Waals surface area contributed by atoms with Crippen LogP contribution in [0.25, 0.3) is 10.9 Å². The number of amides is 2. The summed E-state index contributed by atoms with van der Waals surface area (Å²) in [6.45, 7) is 1.10. The normalized spacial score (nSPS) is 18.8. The van der Waals surface area contributed by atoms with Crippen LogP contribution in [0.1, 0.15) is 0 Å². The number of benzene rings is 1. The highest BCUT2D eigenvalue weighted by atomic mass is 32.2. The highest BCUT2D eigenvalue weighted by Crippen LogP contribution is 2.20. The SMILES string of the molecule is CS(=O)(=O)N1CCOC(CNC(=O)Nc2cccc3cccnc23)C1. The second kappa shape index (κ2) is 7.34. The van der Waals surface area contributed by atoms with E-state index in [1.54, 1.807) is 12.3 Å². The van der Waals surface area contributed by atoms with E-state index in [1.165, 1.54) is 10.6 Å². The number of urea groups is 1. The van der Waals surface area contributed by atoms with E-state index in [2.05, 4.69) is 15.6 Å². The van der Waals surface area contributed by atoms with E-state index < -0.39 is 16.1 Å². The smallest absolute Gasteiger partial charge is 0.319 e. The largest absolute Gasteiger partial charge is 0.374 e. The number of aromatic nitrogens is 1. The Labute approximate surface area is 146 Å². The maximum absolute atomic E-state index is 12.1. The minimum absolute atomic E-state index is 0.218. The van der Waals surface area contributed by atoms with Crippen molar-refractivity contribution in [2.45, 2.75) is 6.10 Å². The monoisotopic (exact) mass is 364 g/mol. The quantitative estimate of drug-likeness (QED) is 0.843. The number of morpholine rings is 1. The third-order valence-corrected chi connectivity index (χ3v) is 5.21. The van der Waals surface area contributed by atoms with Crippen LogP contribution in [0.2, 0.25) is 0 Å². The number of para-hydroxylation sites is 1. The lowest BCUT2D eigenvalue weighted by Gasteiger charge is -2.31. The number of nitrogens with zero attached hydrogens (tertiary/aromatic N) is 2. The Morgan fingerprint density at radius 1 is 1.36 bits per heavy atom. The molecule has 2 amide bonds. The molecule has 1 fully saturated rings. The van der Waals surface area contributed by atoms with E-state index in [0.717, 1.165) is 5.39 Å². The standard InChI is InChI=1S/C16H20N4O4S/c1-25(22,23)20-8-9-24-13(11-20)10-18-16(21)19-14-6-2-4-12-5-3-7-17-15(12)14/h2-7,13H,8-11H2,1H3,(H2,18,19,21). The number of fused-ring (bicyclic) bond motifs is 1. The van der Waals surface area contributed by atoms with Crippen LogP contribution < -0.4 is 10.6 Å². The number of rotatable bonds is 4. The molecule has 0 bridgehead atoms. The molecule has 0 saturated carbocycles. The van der Waals surface area contributed by atoms with Crippen molar-refractivity contribution < 1.29 is 17.9 Å². The van der Waals surface area contributed by atoms with Gasteiger partial charge in [-0.1, -0.05) is 18.2 Å². The van der Waals surface area contributed by atoms with Crippen molar-refractivity contribution in [3.05, 3.63) is 36.5 Å². The van der Waals surface area contributed by atoms with Crippen molar-refractivity contribution in [3.8, 4) is 0 Å². The van der Waals surface area contributed by atoms with Crippen LogP contribution >= 0.6 is 0 Å². The number of ether oxygens (including phenoxy) is 1. The van der Waals surface area contributed by atoms with Gasteiger partial charge in [-0.3, -0.25) is 4.98 Å². The van der Waals surface area contributed by atoms with Gasteiger partial charge < -0.3 is 15.4 Å². The second-order valence-electron chi connectivity index (χ2n) is 5.83. The van der Waals surface area contributed by atoms with Gasteiger partial charge in [0.2, 0.25) is 10.0 Å². The van der Waals surface area contributed by atoms with Crippen LogP contribution in [-0.2, 0) is 14.8 Å². The van der Waals surface area contributed by atoms with Crippen LogP contribution in [0.4, 0.5) is 10.5 Å². The van der Waals surface area contributed by atoms with Crippen LogP contribution in [-0.4, -0.2) is 62.3 Å². The lowest BCUT2D eigenvalue weighted by Crippen LogP contribution is -2.49. The number of nitrogens with one attached hydrogen (secondary N) is 2. The van der Waals surface area contributed by atoms with Crippen molar-refractivity contribution in [3.63, 3.8) is 0 Å². The fourth-order valence-electron chi connectivity index (χ4n) is 2.70. The van der Waals surface area contributed by atoms with E-state index in [9.17, 15) is 13.2 Å². The van der Waals surface area contributed by atoms with Gasteiger partial charge in [-0.2, -0.15) is 4.31 Å². The van der Waals surface area contributed by atoms with Crippen LogP contribution in [0.15, 0.2) is 36.5 Å². The van der Waals surface area contributed by atoms with Crippen LogP contribution in [0.3, 0.4) is 0 Å². The molecule has 0 spiro atoms. The third-order valence-electron chi connectivity index (χ3n) is 3.94. The maximum Gasteiger partial charge on any atom is 0.319 e. The molecular weight excluding hydrogens is 344 g/mol. The lowest BCUT2D eigenvalue weighted by atomic mass is 10.2. The van der Waals surface area contributed by atoms with E-state index in [4.69, 9.17) is 4.74 Å². The Bertz CT molecular complexity index is 866. The van der Waals surface area contributed by atoms with Crippen molar-refractivity contribution in [1.29, 1.82) is 0 Å². The summed E-state index contributed by atoms with van der Waals surface area (Å²) < 4.78 is 30.1. The number of hydrogen-bond acceptors (Lipinski definition) is 5. The molecule has 3 rings (SSSR count). The molecule has 1 aliphatic heterocycles. The van der Waals surface area contributed by atoms with Gasteiger partial charge in [0.05, 0.1) is 30.2 Å². The van der Waals surface area contributed by atoms with Gasteiger partial charge in [-0.15, -0.1) is 0 Å². The van der Waals surface area contributed by atoms with Crippen molar-refractivity contribution in [1.82, 2.24) is 14.6 Å². The first-order valence-electron chi connectivity index (χ1n) is 7.89. The topological polar surface area (TPSA) is 101 Å². The minimum Gasteiger partial charge on any atom is -0.374 e. The number of anilines is 1. The summed E-state index contributed by atoms with van der Waals surface area (Å²) in [5.74, 6) is 0. The first-order valence-corrected chi connectivity index (χ1v) is 9.73. The van der Waals surface area contributed by atoms with Gasteiger partial charge in [0.1, 0.15) is 0 Å². The fraction of sp³-hybridized carbons (Fsp3) is 0.375. The molecule has 1 unspecified atom stereocenters. The van der Waals surface area contributed by atoms with Crippen molar-refractivity contribution >= 4 is 32.6 Å². The summed E-state index contributed by atoms with van der Waals surface area (Å²) in [5.41, 5.74) is 1.32. The highest BCUT2D eigenvalue weighted by Gasteiger charge is 2.26. The zero-order valence-corrected chi connectivity index (χ0v) is 14.6. The van der Waals surface area contributed by atoms with Gasteiger partial charge >= 0.3 is 6.03 Å². The Balaban J connectivity index is 1.58. The summed E-state index contributed by atoms with van der Waals surface area (Å²) in [5, 5.41) is 6.41. The van der Waals surface area contributed by atoms with E-state index in [0.29, 0.717) is 24.4 Å². The van der Waals surface area contributed by atoms with Gasteiger partial charge in [0.25, 0.3) is 0 Å². The van der Waals surface area contributed by atoms with E-state index in [-0.39, 0.29) is 19.2 Å². The zero-order valence-electron chi connectivity index (χ0n) is 13.8. The predicted molar refractivity (Wildman–Crippen MR) is 94.9 cm³/mol. The Kier molecular flexibility index (Phi) is 5.16. The molecule has 8 nitrogen and oxygen atoms in total. The number of hydrogen-bond donors (Lipinski definition) is 2. The number of carbonyl (C=O) groups excluding carboxylic acids is 1. The van der Waals surface area contributed by atoms with Crippen LogP contribution in [0, 0.1) is 0 Å². The Morgan fingerprint density at radius 2 is 2.16 bits per heavy atom. The molecular formula is C16H20N4O4S. The molecule has 1 saturated heterocycles. The molecule has 2 aromatic rings. The molecule has 0 radical (unpaired) electrons. The first kappa shape index (κ1) is 17.6. The first-order chi connectivity index (χ1) is 11.9. The second-order valence-corrected chi connectivity index (χ2v) is 7.81. The molecule has 1 aromatic carbocycles. The minimum atomic E-state index is -3.25. The molecule has 25 heavy (non-hydrogen) atoms. The number of carbonyl (C=O) groups is 1. The summed E-state index contributed by atoms with van der Waals surface area (Å²) in [4.78, 5) is 16.4. The van der Waals surface area contributed by atoms with Crippen molar-refractivity contribution in [2.75, 3.05) is 37.8 Å². The van der Waals surface area contributed by atoms with Gasteiger partial charge in [0.15, 0.2) is 0 Å².